The summed E-state index contributed by atoms with van der Waals surface area (Å²) in [5, 5.41) is 6.09. The van der Waals surface area contributed by atoms with E-state index in [9.17, 15) is 9.18 Å². The number of carbonyl (C=O) groups is 1. The third-order valence-corrected chi connectivity index (χ3v) is 3.78. The quantitative estimate of drug-likeness (QED) is 0.773. The number of halogens is 1. The van der Waals surface area contributed by atoms with Gasteiger partial charge in [-0.15, -0.1) is 0 Å². The summed E-state index contributed by atoms with van der Waals surface area (Å²) in [5.41, 5.74) is 0.290. The van der Waals surface area contributed by atoms with Crippen LogP contribution in [0.4, 0.5) is 10.2 Å². The molecule has 1 fully saturated rings. The monoisotopic (exact) mass is 293 g/mol. The molecule has 1 atom stereocenters. The molecule has 0 aromatic carbocycles. The largest absolute Gasteiger partial charge is 0.369 e. The maximum absolute atomic E-state index is 13.4. The summed E-state index contributed by atoms with van der Waals surface area (Å²) in [4.78, 5) is 16.4. The molecule has 1 aromatic heterocycles. The fourth-order valence-corrected chi connectivity index (χ4v) is 2.34. The maximum Gasteiger partial charge on any atom is 0.255 e. The van der Waals surface area contributed by atoms with Gasteiger partial charge in [0.05, 0.1) is 11.8 Å². The van der Waals surface area contributed by atoms with Gasteiger partial charge in [-0.25, -0.2) is 9.37 Å². The van der Waals surface area contributed by atoms with E-state index in [4.69, 9.17) is 0 Å². The highest BCUT2D eigenvalue weighted by Crippen LogP contribution is 2.34. The van der Waals surface area contributed by atoms with Crippen molar-refractivity contribution in [3.63, 3.8) is 0 Å². The first-order valence-corrected chi connectivity index (χ1v) is 7.84. The van der Waals surface area contributed by atoms with Gasteiger partial charge in [0.2, 0.25) is 0 Å². The molecule has 1 aliphatic carbocycles. The van der Waals surface area contributed by atoms with Crippen LogP contribution in [-0.2, 0) is 0 Å². The number of aromatic nitrogens is 1. The molecular weight excluding hydrogens is 269 g/mol. The molecule has 1 saturated carbocycles. The molecule has 2 rings (SSSR count). The van der Waals surface area contributed by atoms with E-state index in [1.165, 1.54) is 18.9 Å². The topological polar surface area (TPSA) is 54.0 Å². The summed E-state index contributed by atoms with van der Waals surface area (Å²) in [7, 11) is 0. The predicted molar refractivity (Wildman–Crippen MR) is 81.9 cm³/mol. The van der Waals surface area contributed by atoms with Gasteiger partial charge in [0.15, 0.2) is 0 Å². The average molecular weight is 293 g/mol. The second-order valence-corrected chi connectivity index (χ2v) is 5.73. The molecule has 0 aliphatic heterocycles. The summed E-state index contributed by atoms with van der Waals surface area (Å²) in [6.45, 7) is 4.80. The van der Waals surface area contributed by atoms with Crippen molar-refractivity contribution in [1.29, 1.82) is 0 Å². The van der Waals surface area contributed by atoms with Gasteiger partial charge in [-0.1, -0.05) is 26.7 Å². The van der Waals surface area contributed by atoms with Gasteiger partial charge in [0.25, 0.3) is 5.91 Å². The molecule has 1 unspecified atom stereocenters. The van der Waals surface area contributed by atoms with Gasteiger partial charge >= 0.3 is 0 Å². The third kappa shape index (κ3) is 4.69. The number of rotatable bonds is 8. The highest BCUT2D eigenvalue weighted by Gasteiger charge is 2.26. The molecule has 2 N–H and O–H groups in total. The van der Waals surface area contributed by atoms with Crippen LogP contribution in [-0.4, -0.2) is 23.5 Å². The number of anilines is 1. The zero-order chi connectivity index (χ0) is 15.2. The van der Waals surface area contributed by atoms with Crippen molar-refractivity contribution in [2.45, 2.75) is 52.0 Å². The molecule has 1 aliphatic rings. The van der Waals surface area contributed by atoms with E-state index in [1.807, 2.05) is 6.92 Å². The first kappa shape index (κ1) is 15.7. The normalized spacial score (nSPS) is 15.6. The minimum absolute atomic E-state index is 0.160. The molecule has 21 heavy (non-hydrogen) atoms. The Morgan fingerprint density at radius 3 is 2.86 bits per heavy atom. The summed E-state index contributed by atoms with van der Waals surface area (Å²) in [6.07, 6.45) is 6.48. The van der Waals surface area contributed by atoms with Gasteiger partial charge in [-0.05, 0) is 31.2 Å². The molecule has 0 bridgehead atoms. The SMILES string of the molecule is CCCNc1ncc(F)cc1C(=O)NC(CC)CC1CC1. The van der Waals surface area contributed by atoms with Crippen molar-refractivity contribution in [2.75, 3.05) is 11.9 Å². The first-order chi connectivity index (χ1) is 10.1. The summed E-state index contributed by atoms with van der Waals surface area (Å²) in [5.74, 6) is 0.473. The fraction of sp³-hybridized carbons (Fsp3) is 0.625. The van der Waals surface area contributed by atoms with E-state index >= 15 is 0 Å². The molecule has 1 heterocycles. The zero-order valence-electron chi connectivity index (χ0n) is 12.8. The highest BCUT2D eigenvalue weighted by atomic mass is 19.1. The lowest BCUT2D eigenvalue weighted by molar-refractivity contribution is 0.0932. The lowest BCUT2D eigenvalue weighted by atomic mass is 10.1. The van der Waals surface area contributed by atoms with E-state index < -0.39 is 5.82 Å². The van der Waals surface area contributed by atoms with Crippen molar-refractivity contribution >= 4 is 11.7 Å². The summed E-state index contributed by atoms with van der Waals surface area (Å²) < 4.78 is 13.4. The Hall–Kier alpha value is -1.65. The van der Waals surface area contributed by atoms with Crippen molar-refractivity contribution in [3.8, 4) is 0 Å². The fourth-order valence-electron chi connectivity index (χ4n) is 2.34. The van der Waals surface area contributed by atoms with Crippen LogP contribution in [0.25, 0.3) is 0 Å². The Bertz CT molecular complexity index is 488. The second-order valence-electron chi connectivity index (χ2n) is 5.73. The number of nitrogens with zero attached hydrogens (tertiary/aromatic N) is 1. The summed E-state index contributed by atoms with van der Waals surface area (Å²) in [6, 6.07) is 1.41. The minimum atomic E-state index is -0.488. The van der Waals surface area contributed by atoms with Gasteiger partial charge < -0.3 is 10.6 Å². The van der Waals surface area contributed by atoms with E-state index in [1.54, 1.807) is 0 Å². The van der Waals surface area contributed by atoms with Crippen molar-refractivity contribution in [1.82, 2.24) is 10.3 Å². The number of nitrogens with one attached hydrogen (secondary N) is 2. The van der Waals surface area contributed by atoms with E-state index in [0.717, 1.165) is 31.4 Å². The van der Waals surface area contributed by atoms with Crippen LogP contribution in [0.3, 0.4) is 0 Å². The average Bonchev–Trinajstić information content (AvgIpc) is 3.29. The molecule has 4 nitrogen and oxygen atoms in total. The van der Waals surface area contributed by atoms with E-state index in [0.29, 0.717) is 12.4 Å². The maximum atomic E-state index is 13.4. The number of carbonyl (C=O) groups excluding carboxylic acids is 1. The van der Waals surface area contributed by atoms with E-state index in [-0.39, 0.29) is 17.5 Å². The van der Waals surface area contributed by atoms with Gasteiger partial charge in [0.1, 0.15) is 11.6 Å². The van der Waals surface area contributed by atoms with Crippen molar-refractivity contribution in [3.05, 3.63) is 23.6 Å². The van der Waals surface area contributed by atoms with Crippen LogP contribution < -0.4 is 10.6 Å². The number of amides is 1. The predicted octanol–water partition coefficient (Wildman–Crippen LogP) is 3.35. The Balaban J connectivity index is 2.06. The molecule has 0 spiro atoms. The third-order valence-electron chi connectivity index (χ3n) is 3.78. The molecule has 0 radical (unpaired) electrons. The minimum Gasteiger partial charge on any atom is -0.369 e. The second kappa shape index (κ2) is 7.38. The van der Waals surface area contributed by atoms with Crippen molar-refractivity contribution < 1.29 is 9.18 Å². The Morgan fingerprint density at radius 1 is 1.48 bits per heavy atom. The van der Waals surface area contributed by atoms with Crippen LogP contribution in [0, 0.1) is 11.7 Å². The van der Waals surface area contributed by atoms with Crippen LogP contribution in [0.2, 0.25) is 0 Å². The lowest BCUT2D eigenvalue weighted by Crippen LogP contribution is -2.35. The van der Waals surface area contributed by atoms with E-state index in [2.05, 4.69) is 22.5 Å². The Morgan fingerprint density at radius 2 is 2.24 bits per heavy atom. The smallest absolute Gasteiger partial charge is 0.255 e. The van der Waals surface area contributed by atoms with Gasteiger partial charge in [-0.2, -0.15) is 0 Å². The summed E-state index contributed by atoms with van der Waals surface area (Å²) >= 11 is 0. The molecule has 0 saturated heterocycles. The van der Waals surface area contributed by atoms with Crippen LogP contribution in [0.1, 0.15) is 56.3 Å². The molecular formula is C16H24FN3O. The van der Waals surface area contributed by atoms with Crippen LogP contribution in [0.5, 0.6) is 0 Å². The Kier molecular flexibility index (Phi) is 5.53. The number of hydrogen-bond acceptors (Lipinski definition) is 3. The molecule has 1 aromatic rings. The highest BCUT2D eigenvalue weighted by molar-refractivity contribution is 5.98. The molecule has 5 heteroatoms. The van der Waals surface area contributed by atoms with Crippen LogP contribution in [0.15, 0.2) is 12.3 Å². The van der Waals surface area contributed by atoms with Crippen molar-refractivity contribution in [2.24, 2.45) is 5.92 Å². The molecule has 116 valence electrons. The first-order valence-electron chi connectivity index (χ1n) is 7.84. The van der Waals surface area contributed by atoms with Crippen LogP contribution >= 0.6 is 0 Å². The standard InChI is InChI=1S/C16H24FN3O/c1-3-7-18-15-14(9-12(17)10-19-15)16(21)20-13(4-2)8-11-5-6-11/h9-11,13H,3-8H2,1-2H3,(H,18,19)(H,20,21). The van der Waals surface area contributed by atoms with Gasteiger partial charge in [-0.3, -0.25) is 4.79 Å². The number of pyridine rings is 1. The lowest BCUT2D eigenvalue weighted by Gasteiger charge is -2.18. The number of hydrogen-bond donors (Lipinski definition) is 2. The molecule has 1 amide bonds. The van der Waals surface area contributed by atoms with Gasteiger partial charge in [0, 0.05) is 12.6 Å². The Labute approximate surface area is 125 Å². The zero-order valence-corrected chi connectivity index (χ0v) is 12.8.